The first-order valence-electron chi connectivity index (χ1n) is 7.59. The molecule has 2 heteroatoms. The fraction of sp³-hybridized carbons (Fsp3) is 0.368. The average Bonchev–Trinajstić information content (AvgIpc) is 2.48. The molecule has 1 N–H and O–H groups in total. The van der Waals surface area contributed by atoms with Crippen LogP contribution in [0.3, 0.4) is 0 Å². The van der Waals surface area contributed by atoms with Gasteiger partial charge < -0.3 is 5.11 Å². The minimum absolute atomic E-state index is 0.176. The van der Waals surface area contributed by atoms with Crippen LogP contribution in [0.2, 0.25) is 0 Å². The van der Waals surface area contributed by atoms with Crippen molar-refractivity contribution in [2.75, 3.05) is 0 Å². The molecule has 1 nitrogen and oxygen atoms in total. The summed E-state index contributed by atoms with van der Waals surface area (Å²) in [4.78, 5) is 0. The number of hydrogen-bond donors (Lipinski definition) is 1. The Labute approximate surface area is 136 Å². The second-order valence-corrected chi connectivity index (χ2v) is 6.64. The highest BCUT2D eigenvalue weighted by Crippen LogP contribution is 2.32. The maximum Gasteiger partial charge on any atom is 0.0651 e. The van der Waals surface area contributed by atoms with E-state index in [0.29, 0.717) is 12.3 Å². The molecule has 0 radical (unpaired) electrons. The van der Waals surface area contributed by atoms with Crippen LogP contribution in [0.4, 0.5) is 0 Å². The van der Waals surface area contributed by atoms with Crippen LogP contribution < -0.4 is 0 Å². The van der Waals surface area contributed by atoms with Crippen LogP contribution in [0.5, 0.6) is 0 Å². The lowest BCUT2D eigenvalue weighted by molar-refractivity contribution is 0.117. The molecule has 2 aromatic carbocycles. The smallest absolute Gasteiger partial charge is 0.0651 e. The van der Waals surface area contributed by atoms with E-state index in [0.717, 1.165) is 10.9 Å². The summed E-state index contributed by atoms with van der Waals surface area (Å²) in [5, 5.41) is 10.8. The lowest BCUT2D eigenvalue weighted by atomic mass is 9.79. The monoisotopic (exact) mass is 346 g/mol. The van der Waals surface area contributed by atoms with E-state index >= 15 is 0 Å². The van der Waals surface area contributed by atoms with Gasteiger partial charge in [0.2, 0.25) is 0 Å². The highest BCUT2D eigenvalue weighted by molar-refractivity contribution is 9.10. The number of rotatable bonds is 6. The Kier molecular flexibility index (Phi) is 6.01. The van der Waals surface area contributed by atoms with E-state index in [4.69, 9.17) is 0 Å². The number of benzene rings is 2. The van der Waals surface area contributed by atoms with E-state index in [1.165, 1.54) is 11.1 Å². The van der Waals surface area contributed by atoms with Gasteiger partial charge in [-0.25, -0.2) is 0 Å². The molecular weight excluding hydrogens is 324 g/mol. The molecule has 0 aliphatic carbocycles. The predicted molar refractivity (Wildman–Crippen MR) is 92.5 cm³/mol. The molecule has 0 fully saturated rings. The van der Waals surface area contributed by atoms with Crippen molar-refractivity contribution in [2.24, 2.45) is 5.92 Å². The molecule has 0 amide bonds. The van der Waals surface area contributed by atoms with E-state index in [9.17, 15) is 5.11 Å². The normalized spacial score (nSPS) is 15.4. The molecule has 0 heterocycles. The number of aliphatic hydroxyl groups excluding tert-OH is 1. The van der Waals surface area contributed by atoms with Crippen molar-refractivity contribution >= 4 is 15.9 Å². The van der Waals surface area contributed by atoms with E-state index < -0.39 is 0 Å². The Morgan fingerprint density at radius 3 is 2.38 bits per heavy atom. The highest BCUT2D eigenvalue weighted by Gasteiger charge is 2.26. The molecule has 3 unspecified atom stereocenters. The Morgan fingerprint density at radius 2 is 1.76 bits per heavy atom. The first kappa shape index (κ1) is 16.3. The van der Waals surface area contributed by atoms with Crippen molar-refractivity contribution in [2.45, 2.75) is 38.7 Å². The van der Waals surface area contributed by atoms with Gasteiger partial charge in [-0.1, -0.05) is 78.7 Å². The van der Waals surface area contributed by atoms with Gasteiger partial charge in [-0.15, -0.1) is 0 Å². The number of aliphatic hydroxyl groups is 1. The van der Waals surface area contributed by atoms with Crippen molar-refractivity contribution in [3.8, 4) is 0 Å². The predicted octanol–water partition coefficient (Wildman–Crippen LogP) is 5.18. The topological polar surface area (TPSA) is 20.2 Å². The molecule has 0 spiro atoms. The van der Waals surface area contributed by atoms with Gasteiger partial charge in [0.1, 0.15) is 0 Å². The highest BCUT2D eigenvalue weighted by atomic mass is 79.9. The number of halogens is 1. The number of hydrogen-bond acceptors (Lipinski definition) is 1. The summed E-state index contributed by atoms with van der Waals surface area (Å²) >= 11 is 3.49. The maximum absolute atomic E-state index is 10.8. The largest absolute Gasteiger partial charge is 0.392 e. The summed E-state index contributed by atoms with van der Waals surface area (Å²) in [5.74, 6) is 0.629. The Hall–Kier alpha value is -1.12. The maximum atomic E-state index is 10.8. The molecule has 0 bridgehead atoms. The molecule has 0 aromatic heterocycles. The van der Waals surface area contributed by atoms with Crippen LogP contribution in [0, 0.1) is 5.92 Å². The van der Waals surface area contributed by atoms with Crippen LogP contribution in [0.15, 0.2) is 59.1 Å². The fourth-order valence-corrected chi connectivity index (χ4v) is 3.34. The van der Waals surface area contributed by atoms with Gasteiger partial charge in [0.05, 0.1) is 6.10 Å². The SMILES string of the molecule is CCC(C)C(c1ccccc1)C(O)Cc1cccc(Br)c1. The van der Waals surface area contributed by atoms with Crippen molar-refractivity contribution in [1.29, 1.82) is 0 Å². The molecule has 2 aromatic rings. The lowest BCUT2D eigenvalue weighted by Gasteiger charge is -2.28. The summed E-state index contributed by atoms with van der Waals surface area (Å²) in [6.45, 7) is 4.41. The zero-order valence-electron chi connectivity index (χ0n) is 12.7. The second-order valence-electron chi connectivity index (χ2n) is 5.72. The zero-order chi connectivity index (χ0) is 15.2. The van der Waals surface area contributed by atoms with E-state index in [1.807, 2.05) is 18.2 Å². The van der Waals surface area contributed by atoms with Crippen LogP contribution >= 0.6 is 15.9 Å². The summed E-state index contributed by atoms with van der Waals surface area (Å²) < 4.78 is 1.06. The molecule has 0 saturated heterocycles. The first-order valence-corrected chi connectivity index (χ1v) is 8.38. The molecule has 21 heavy (non-hydrogen) atoms. The summed E-state index contributed by atoms with van der Waals surface area (Å²) in [6, 6.07) is 18.6. The van der Waals surface area contributed by atoms with E-state index in [2.05, 4.69) is 66.2 Å². The average molecular weight is 347 g/mol. The first-order chi connectivity index (χ1) is 10.1. The van der Waals surface area contributed by atoms with Crippen molar-refractivity contribution in [1.82, 2.24) is 0 Å². The van der Waals surface area contributed by atoms with Crippen molar-refractivity contribution in [3.05, 3.63) is 70.2 Å². The standard InChI is InChI=1S/C19H23BrO/c1-3-14(2)19(16-9-5-4-6-10-16)18(21)13-15-8-7-11-17(20)12-15/h4-12,14,18-19,21H,3,13H2,1-2H3. The van der Waals surface area contributed by atoms with Gasteiger partial charge in [-0.2, -0.15) is 0 Å². The molecule has 0 saturated carbocycles. The Morgan fingerprint density at radius 1 is 1.05 bits per heavy atom. The third-order valence-corrected chi connectivity index (χ3v) is 4.68. The quantitative estimate of drug-likeness (QED) is 0.763. The zero-order valence-corrected chi connectivity index (χ0v) is 14.3. The molecule has 3 atom stereocenters. The molecular formula is C19H23BrO. The van der Waals surface area contributed by atoms with Gasteiger partial charge in [-0.05, 0) is 35.6 Å². The van der Waals surface area contributed by atoms with Crippen LogP contribution in [-0.2, 0) is 6.42 Å². The molecule has 0 aliphatic rings. The third-order valence-electron chi connectivity index (χ3n) is 4.19. The molecule has 2 rings (SSSR count). The van der Waals surface area contributed by atoms with Crippen molar-refractivity contribution in [3.63, 3.8) is 0 Å². The lowest BCUT2D eigenvalue weighted by Crippen LogP contribution is -2.26. The van der Waals surface area contributed by atoms with Crippen LogP contribution in [0.25, 0.3) is 0 Å². The van der Waals surface area contributed by atoms with Gasteiger partial charge in [0, 0.05) is 10.4 Å². The van der Waals surface area contributed by atoms with Crippen molar-refractivity contribution < 1.29 is 5.11 Å². The molecule has 0 aliphatic heterocycles. The Bertz CT molecular complexity index is 553. The van der Waals surface area contributed by atoms with Gasteiger partial charge >= 0.3 is 0 Å². The fourth-order valence-electron chi connectivity index (χ4n) is 2.89. The third kappa shape index (κ3) is 4.42. The van der Waals surface area contributed by atoms with E-state index in [-0.39, 0.29) is 12.0 Å². The van der Waals surface area contributed by atoms with Gasteiger partial charge in [0.15, 0.2) is 0 Å². The van der Waals surface area contributed by atoms with Gasteiger partial charge in [0.25, 0.3) is 0 Å². The Balaban J connectivity index is 2.20. The van der Waals surface area contributed by atoms with E-state index in [1.54, 1.807) is 0 Å². The molecule has 112 valence electrons. The van der Waals surface area contributed by atoms with Gasteiger partial charge in [-0.3, -0.25) is 0 Å². The minimum Gasteiger partial charge on any atom is -0.392 e. The summed E-state index contributed by atoms with van der Waals surface area (Å²) in [5.41, 5.74) is 2.40. The second kappa shape index (κ2) is 7.77. The summed E-state index contributed by atoms with van der Waals surface area (Å²) in [6.07, 6.45) is 1.38. The van der Waals surface area contributed by atoms with Crippen LogP contribution in [0.1, 0.15) is 37.3 Å². The van der Waals surface area contributed by atoms with Crippen LogP contribution in [-0.4, -0.2) is 11.2 Å². The minimum atomic E-state index is -0.364. The summed E-state index contributed by atoms with van der Waals surface area (Å²) in [7, 11) is 0.